The molecule has 126 valence electrons. The van der Waals surface area contributed by atoms with Gasteiger partial charge in [-0.3, -0.25) is 9.89 Å². The van der Waals surface area contributed by atoms with E-state index in [2.05, 4.69) is 49.6 Å². The predicted octanol–water partition coefficient (Wildman–Crippen LogP) is 4.09. The number of halogens is 1. The number of hydrogen-bond acceptors (Lipinski definition) is 4. The number of rotatable bonds is 5. The number of carbonyl (C=O) groups is 1. The lowest BCUT2D eigenvalue weighted by Crippen LogP contribution is -2.37. The summed E-state index contributed by atoms with van der Waals surface area (Å²) in [5.74, 6) is 1.52. The van der Waals surface area contributed by atoms with Crippen molar-refractivity contribution in [1.29, 1.82) is 0 Å². The maximum absolute atomic E-state index is 12.9. The normalized spacial score (nSPS) is 16.4. The zero-order valence-corrected chi connectivity index (χ0v) is 15.6. The number of nitrogens with zero attached hydrogens (tertiary/aromatic N) is 2. The number of fused-ring (bicyclic) bond motifs is 1. The highest BCUT2D eigenvalue weighted by Gasteiger charge is 2.27. The average molecular weight is 407 g/mol. The summed E-state index contributed by atoms with van der Waals surface area (Å²) in [7, 11) is 0. The van der Waals surface area contributed by atoms with Crippen molar-refractivity contribution >= 4 is 39.3 Å². The first-order chi connectivity index (χ1) is 11.7. The zero-order chi connectivity index (χ0) is 16.5. The van der Waals surface area contributed by atoms with E-state index in [1.807, 2.05) is 16.7 Å². The molecular formula is C17H19BrN4OS. The van der Waals surface area contributed by atoms with Crippen LogP contribution < -0.4 is 5.32 Å². The van der Waals surface area contributed by atoms with Gasteiger partial charge in [0.2, 0.25) is 0 Å². The molecule has 1 saturated carbocycles. The molecule has 0 saturated heterocycles. The number of carbonyl (C=O) groups excluding carboxylic acids is 1. The molecule has 24 heavy (non-hydrogen) atoms. The number of nitrogens with one attached hydrogen (secondary N) is 2. The van der Waals surface area contributed by atoms with E-state index in [1.54, 1.807) is 6.07 Å². The second-order valence-electron chi connectivity index (χ2n) is 6.34. The third-order valence-electron chi connectivity index (χ3n) is 4.69. The first-order valence-electron chi connectivity index (χ1n) is 8.19. The smallest absolute Gasteiger partial charge is 0.274 e. The van der Waals surface area contributed by atoms with Crippen molar-refractivity contribution in [3.63, 3.8) is 0 Å². The molecule has 1 amide bonds. The number of hydrogen-bond donors (Lipinski definition) is 2. The van der Waals surface area contributed by atoms with Crippen LogP contribution in [0.2, 0.25) is 0 Å². The van der Waals surface area contributed by atoms with Gasteiger partial charge >= 0.3 is 0 Å². The van der Waals surface area contributed by atoms with Crippen molar-refractivity contribution in [2.24, 2.45) is 5.92 Å². The van der Waals surface area contributed by atoms with Crippen LogP contribution in [0.4, 0.5) is 5.69 Å². The zero-order valence-electron chi connectivity index (χ0n) is 13.2. The highest BCUT2D eigenvalue weighted by molar-refractivity contribution is 9.10. The molecule has 0 atom stereocenters. The maximum atomic E-state index is 12.9. The third kappa shape index (κ3) is 3.19. The Morgan fingerprint density at radius 2 is 2.29 bits per heavy atom. The predicted molar refractivity (Wildman–Crippen MR) is 99.2 cm³/mol. The van der Waals surface area contributed by atoms with Crippen LogP contribution in [-0.2, 0) is 6.54 Å². The van der Waals surface area contributed by atoms with Gasteiger partial charge in [0.05, 0.1) is 5.88 Å². The molecule has 1 aromatic heterocycles. The fourth-order valence-corrected chi connectivity index (χ4v) is 4.48. The summed E-state index contributed by atoms with van der Waals surface area (Å²) in [4.78, 5) is 16.2. The van der Waals surface area contributed by atoms with Crippen LogP contribution in [0, 0.1) is 5.92 Å². The van der Waals surface area contributed by atoms with Gasteiger partial charge in [-0.15, -0.1) is 11.8 Å². The summed E-state index contributed by atoms with van der Waals surface area (Å²) in [6, 6.07) is 8.04. The number of anilines is 1. The lowest BCUT2D eigenvalue weighted by Gasteiger charge is -2.32. The number of amides is 1. The summed E-state index contributed by atoms with van der Waals surface area (Å²) in [6.45, 7) is 1.45. The first-order valence-corrected chi connectivity index (χ1v) is 9.97. The van der Waals surface area contributed by atoms with E-state index in [0.29, 0.717) is 18.2 Å². The minimum atomic E-state index is -0.00240. The van der Waals surface area contributed by atoms with Crippen molar-refractivity contribution < 1.29 is 4.79 Å². The largest absolute Gasteiger partial charge is 0.375 e. The molecule has 2 aromatic rings. The Kier molecular flexibility index (Phi) is 4.54. The second-order valence-corrected chi connectivity index (χ2v) is 8.18. The Labute approximate surface area is 153 Å². The average Bonchev–Trinajstić information content (AvgIpc) is 3.17. The molecular weight excluding hydrogens is 388 g/mol. The van der Waals surface area contributed by atoms with Gasteiger partial charge in [-0.2, -0.15) is 5.10 Å². The number of thioether (sulfide) groups is 1. The molecule has 1 aliphatic carbocycles. The lowest BCUT2D eigenvalue weighted by atomic mass is 9.85. The lowest BCUT2D eigenvalue weighted by molar-refractivity contribution is 0.0672. The molecule has 2 heterocycles. The van der Waals surface area contributed by atoms with Gasteiger partial charge in [-0.25, -0.2) is 0 Å². The van der Waals surface area contributed by atoms with Crippen LogP contribution in [0.25, 0.3) is 0 Å². The summed E-state index contributed by atoms with van der Waals surface area (Å²) >= 11 is 5.14. The number of aromatic amines is 1. The van der Waals surface area contributed by atoms with E-state index < -0.39 is 0 Å². The minimum Gasteiger partial charge on any atom is -0.375 e. The molecule has 0 spiro atoms. The van der Waals surface area contributed by atoms with Crippen LogP contribution in [0.1, 0.15) is 35.3 Å². The minimum absolute atomic E-state index is 0.00240. The molecule has 0 unspecified atom stereocenters. The van der Waals surface area contributed by atoms with E-state index in [1.165, 1.54) is 35.4 Å². The summed E-state index contributed by atoms with van der Waals surface area (Å²) in [5, 5.41) is 10.3. The van der Waals surface area contributed by atoms with Gasteiger partial charge in [-0.05, 0) is 46.3 Å². The maximum Gasteiger partial charge on any atom is 0.274 e. The number of H-pyrrole nitrogens is 1. The van der Waals surface area contributed by atoms with Gasteiger partial charge in [0.1, 0.15) is 4.60 Å². The Bertz CT molecular complexity index is 759. The molecule has 5 nitrogen and oxygen atoms in total. The Morgan fingerprint density at radius 3 is 3.00 bits per heavy atom. The first kappa shape index (κ1) is 16.0. The van der Waals surface area contributed by atoms with Crippen LogP contribution in [0.3, 0.4) is 0 Å². The van der Waals surface area contributed by atoms with Crippen LogP contribution in [0.15, 0.2) is 33.8 Å². The van der Waals surface area contributed by atoms with Gasteiger partial charge in [0.25, 0.3) is 5.91 Å². The highest BCUT2D eigenvalue weighted by Crippen LogP contribution is 2.37. The molecule has 2 N–H and O–H groups in total. The Hall–Kier alpha value is -1.47. The van der Waals surface area contributed by atoms with E-state index in [-0.39, 0.29) is 5.91 Å². The van der Waals surface area contributed by atoms with Gasteiger partial charge in [0.15, 0.2) is 5.69 Å². The van der Waals surface area contributed by atoms with Gasteiger partial charge < -0.3 is 10.2 Å². The van der Waals surface area contributed by atoms with Crippen LogP contribution >= 0.6 is 27.7 Å². The fraction of sp³-hybridized carbons (Fsp3) is 0.412. The monoisotopic (exact) mass is 406 g/mol. The summed E-state index contributed by atoms with van der Waals surface area (Å²) in [5.41, 5.74) is 2.86. The molecule has 1 aromatic carbocycles. The number of benzene rings is 1. The molecule has 4 rings (SSSR count). The molecule has 1 fully saturated rings. The Balaban J connectivity index is 1.58. The molecule has 7 heteroatoms. The van der Waals surface area contributed by atoms with E-state index in [9.17, 15) is 4.79 Å². The third-order valence-corrected chi connectivity index (χ3v) is 6.16. The van der Waals surface area contributed by atoms with Crippen molar-refractivity contribution in [3.8, 4) is 0 Å². The fourth-order valence-electron chi connectivity index (χ4n) is 3.19. The van der Waals surface area contributed by atoms with E-state index >= 15 is 0 Å². The van der Waals surface area contributed by atoms with Crippen LogP contribution in [0.5, 0.6) is 0 Å². The van der Waals surface area contributed by atoms with Crippen molar-refractivity contribution in [3.05, 3.63) is 40.1 Å². The van der Waals surface area contributed by atoms with Gasteiger partial charge in [0, 0.05) is 29.7 Å². The van der Waals surface area contributed by atoms with Crippen LogP contribution in [-0.4, -0.2) is 33.4 Å². The van der Waals surface area contributed by atoms with Gasteiger partial charge in [-0.1, -0.05) is 18.6 Å². The van der Waals surface area contributed by atoms with Crippen molar-refractivity contribution in [2.75, 3.05) is 17.7 Å². The molecule has 0 radical (unpaired) electrons. The van der Waals surface area contributed by atoms with E-state index in [4.69, 9.17) is 0 Å². The highest BCUT2D eigenvalue weighted by atomic mass is 79.9. The quantitative estimate of drug-likeness (QED) is 0.784. The summed E-state index contributed by atoms with van der Waals surface area (Å²) in [6.07, 6.45) is 3.72. The Morgan fingerprint density at radius 1 is 1.42 bits per heavy atom. The molecule has 1 aliphatic heterocycles. The number of aromatic nitrogens is 2. The SMILES string of the molecule is O=C(c1cc(Br)[nH]n1)N(Cc1cccc2c1SCN2)CC1CCC1. The van der Waals surface area contributed by atoms with E-state index in [0.717, 1.165) is 17.0 Å². The molecule has 2 aliphatic rings. The second kappa shape index (κ2) is 6.80. The standard InChI is InChI=1S/C17H19BrN4OS/c18-15-7-14(20-21-15)17(23)22(8-11-3-1-4-11)9-12-5-2-6-13-16(12)24-10-19-13/h2,5-7,11,19H,1,3-4,8-10H2,(H,20,21). The van der Waals surface area contributed by atoms with Crippen molar-refractivity contribution in [2.45, 2.75) is 30.7 Å². The van der Waals surface area contributed by atoms with Crippen molar-refractivity contribution in [1.82, 2.24) is 15.1 Å². The summed E-state index contributed by atoms with van der Waals surface area (Å²) < 4.78 is 0.731. The topological polar surface area (TPSA) is 61.0 Å². The molecule has 0 bridgehead atoms.